The Morgan fingerprint density at radius 1 is 1.04 bits per heavy atom. The van der Waals surface area contributed by atoms with Crippen LogP contribution in [0.15, 0.2) is 73.0 Å². The molecule has 0 radical (unpaired) electrons. The SMILES string of the molecule is C=C=CC(CCCc1ccc(O)cc1)C(=O)CCc1ccccc1. The Balaban J connectivity index is 1.82. The number of aromatic hydroxyl groups is 1. The second kappa shape index (κ2) is 9.54. The van der Waals surface area contributed by atoms with Gasteiger partial charge in [-0.05, 0) is 55.0 Å². The van der Waals surface area contributed by atoms with Crippen LogP contribution in [0, 0.1) is 5.92 Å². The molecule has 0 saturated heterocycles. The van der Waals surface area contributed by atoms with Crippen LogP contribution in [-0.4, -0.2) is 10.9 Å². The molecule has 1 unspecified atom stereocenters. The number of benzene rings is 2. The van der Waals surface area contributed by atoms with E-state index in [0.717, 1.165) is 25.7 Å². The van der Waals surface area contributed by atoms with Crippen molar-refractivity contribution in [3.8, 4) is 5.75 Å². The van der Waals surface area contributed by atoms with E-state index >= 15 is 0 Å². The Morgan fingerprint density at radius 3 is 2.38 bits per heavy atom. The van der Waals surface area contributed by atoms with E-state index in [1.54, 1.807) is 18.2 Å². The van der Waals surface area contributed by atoms with Gasteiger partial charge in [0.05, 0.1) is 0 Å². The maximum absolute atomic E-state index is 12.5. The molecule has 2 aromatic rings. The van der Waals surface area contributed by atoms with Crippen molar-refractivity contribution in [3.05, 3.63) is 84.1 Å². The van der Waals surface area contributed by atoms with Crippen LogP contribution in [0.1, 0.15) is 30.4 Å². The van der Waals surface area contributed by atoms with Crippen molar-refractivity contribution in [3.63, 3.8) is 0 Å². The van der Waals surface area contributed by atoms with Gasteiger partial charge in [-0.25, -0.2) is 0 Å². The van der Waals surface area contributed by atoms with Crippen LogP contribution in [0.4, 0.5) is 0 Å². The lowest BCUT2D eigenvalue weighted by atomic mass is 9.92. The summed E-state index contributed by atoms with van der Waals surface area (Å²) >= 11 is 0. The fraction of sp³-hybridized carbons (Fsp3) is 0.273. The number of phenols is 1. The third-order valence-electron chi connectivity index (χ3n) is 4.15. The minimum absolute atomic E-state index is 0.108. The number of hydrogen-bond donors (Lipinski definition) is 1. The van der Waals surface area contributed by atoms with Crippen molar-refractivity contribution in [1.82, 2.24) is 0 Å². The summed E-state index contributed by atoms with van der Waals surface area (Å²) in [5, 5.41) is 9.30. The molecular weight excluding hydrogens is 296 g/mol. The summed E-state index contributed by atoms with van der Waals surface area (Å²) in [7, 11) is 0. The standard InChI is InChI=1S/C22H24O2/c1-2-7-20(11-6-10-19-12-15-21(23)16-13-19)22(24)17-14-18-8-4-3-5-9-18/h3-5,7-9,12-13,15-16,20,23H,1,6,10-11,14,17H2. The molecule has 2 aromatic carbocycles. The Morgan fingerprint density at radius 2 is 1.71 bits per heavy atom. The van der Waals surface area contributed by atoms with Gasteiger partial charge in [0.2, 0.25) is 0 Å². The second-order valence-electron chi connectivity index (χ2n) is 5.99. The van der Waals surface area contributed by atoms with Gasteiger partial charge in [-0.1, -0.05) is 49.0 Å². The molecule has 2 nitrogen and oxygen atoms in total. The van der Waals surface area contributed by atoms with E-state index in [1.165, 1.54) is 11.1 Å². The molecule has 0 spiro atoms. The van der Waals surface area contributed by atoms with Gasteiger partial charge in [-0.3, -0.25) is 4.79 Å². The van der Waals surface area contributed by atoms with E-state index in [-0.39, 0.29) is 17.5 Å². The quantitative estimate of drug-likeness (QED) is 0.669. The first kappa shape index (κ1) is 17.8. The van der Waals surface area contributed by atoms with Crippen LogP contribution in [0.2, 0.25) is 0 Å². The Hall–Kier alpha value is -2.57. The van der Waals surface area contributed by atoms with Crippen LogP contribution in [0.5, 0.6) is 5.75 Å². The number of rotatable bonds is 9. The maximum Gasteiger partial charge on any atom is 0.140 e. The van der Waals surface area contributed by atoms with E-state index in [1.807, 2.05) is 30.3 Å². The van der Waals surface area contributed by atoms with Crippen molar-refractivity contribution in [2.24, 2.45) is 5.92 Å². The smallest absolute Gasteiger partial charge is 0.140 e. The predicted molar refractivity (Wildman–Crippen MR) is 98.0 cm³/mol. The zero-order valence-corrected chi connectivity index (χ0v) is 13.9. The molecule has 1 N–H and O–H groups in total. The monoisotopic (exact) mass is 320 g/mol. The summed E-state index contributed by atoms with van der Waals surface area (Å²) in [6.45, 7) is 3.62. The lowest BCUT2D eigenvalue weighted by molar-refractivity contribution is -0.121. The highest BCUT2D eigenvalue weighted by Crippen LogP contribution is 2.17. The lowest BCUT2D eigenvalue weighted by Crippen LogP contribution is -2.13. The minimum Gasteiger partial charge on any atom is -0.508 e. The molecule has 0 amide bonds. The number of hydrogen-bond acceptors (Lipinski definition) is 2. The average Bonchev–Trinajstić information content (AvgIpc) is 2.61. The van der Waals surface area contributed by atoms with Gasteiger partial charge in [0.25, 0.3) is 0 Å². The number of carbonyl (C=O) groups excluding carboxylic acids is 1. The Labute approximate surface area is 144 Å². The molecule has 0 aliphatic heterocycles. The average molecular weight is 320 g/mol. The molecule has 0 aliphatic carbocycles. The van der Waals surface area contributed by atoms with Crippen molar-refractivity contribution >= 4 is 5.78 Å². The molecule has 2 heteroatoms. The third kappa shape index (κ3) is 5.91. The highest BCUT2D eigenvalue weighted by molar-refractivity contribution is 5.82. The summed E-state index contributed by atoms with van der Waals surface area (Å²) in [5.74, 6) is 0.423. The van der Waals surface area contributed by atoms with Crippen LogP contribution < -0.4 is 0 Å². The number of ketones is 1. The van der Waals surface area contributed by atoms with E-state index in [9.17, 15) is 9.90 Å². The molecular formula is C22H24O2. The summed E-state index contributed by atoms with van der Waals surface area (Å²) in [5.41, 5.74) is 5.14. The highest BCUT2D eigenvalue weighted by Gasteiger charge is 2.15. The number of phenolic OH excluding ortho intramolecular Hbond substituents is 1. The fourth-order valence-electron chi connectivity index (χ4n) is 2.77. The highest BCUT2D eigenvalue weighted by atomic mass is 16.3. The summed E-state index contributed by atoms with van der Waals surface area (Å²) in [6, 6.07) is 17.3. The lowest BCUT2D eigenvalue weighted by Gasteiger charge is -2.11. The molecule has 124 valence electrons. The number of carbonyl (C=O) groups is 1. The summed E-state index contributed by atoms with van der Waals surface area (Å²) < 4.78 is 0. The van der Waals surface area contributed by atoms with E-state index < -0.39 is 0 Å². The molecule has 2 rings (SSSR count). The number of Topliss-reactive ketones (excluding diaryl/α,β-unsaturated/α-hetero) is 1. The first-order valence-corrected chi connectivity index (χ1v) is 8.39. The third-order valence-corrected chi connectivity index (χ3v) is 4.15. The summed E-state index contributed by atoms with van der Waals surface area (Å²) in [4.78, 5) is 12.5. The molecule has 24 heavy (non-hydrogen) atoms. The first-order valence-electron chi connectivity index (χ1n) is 8.39. The van der Waals surface area contributed by atoms with Crippen molar-refractivity contribution < 1.29 is 9.90 Å². The fourth-order valence-corrected chi connectivity index (χ4v) is 2.77. The van der Waals surface area contributed by atoms with Crippen LogP contribution in [-0.2, 0) is 17.6 Å². The predicted octanol–water partition coefficient (Wildman–Crippen LogP) is 4.87. The Kier molecular flexibility index (Phi) is 7.07. The molecule has 0 saturated carbocycles. The molecule has 1 atom stereocenters. The molecule has 0 heterocycles. The van der Waals surface area contributed by atoms with E-state index in [0.29, 0.717) is 6.42 Å². The number of allylic oxidation sites excluding steroid dienone is 1. The summed E-state index contributed by atoms with van der Waals surface area (Å²) in [6.07, 6.45) is 5.74. The van der Waals surface area contributed by atoms with Gasteiger partial charge in [0, 0.05) is 12.3 Å². The molecule has 0 fully saturated rings. The Bertz CT molecular complexity index is 680. The number of aryl methyl sites for hydroxylation is 2. The van der Waals surface area contributed by atoms with E-state index in [2.05, 4.69) is 24.4 Å². The molecule has 0 aromatic heterocycles. The van der Waals surface area contributed by atoms with Crippen molar-refractivity contribution in [1.29, 1.82) is 0 Å². The van der Waals surface area contributed by atoms with Gasteiger partial charge < -0.3 is 5.11 Å². The molecule has 0 aliphatic rings. The largest absolute Gasteiger partial charge is 0.508 e. The first-order chi connectivity index (χ1) is 11.7. The van der Waals surface area contributed by atoms with Crippen LogP contribution in [0.3, 0.4) is 0 Å². The van der Waals surface area contributed by atoms with Crippen molar-refractivity contribution in [2.45, 2.75) is 32.1 Å². The van der Waals surface area contributed by atoms with Gasteiger partial charge in [-0.15, -0.1) is 5.73 Å². The van der Waals surface area contributed by atoms with Crippen LogP contribution >= 0.6 is 0 Å². The van der Waals surface area contributed by atoms with Crippen molar-refractivity contribution in [2.75, 3.05) is 0 Å². The van der Waals surface area contributed by atoms with Gasteiger partial charge in [0.15, 0.2) is 0 Å². The van der Waals surface area contributed by atoms with Gasteiger partial charge in [-0.2, -0.15) is 0 Å². The van der Waals surface area contributed by atoms with Gasteiger partial charge >= 0.3 is 0 Å². The normalized spacial score (nSPS) is 11.5. The zero-order chi connectivity index (χ0) is 17.2. The van der Waals surface area contributed by atoms with E-state index in [4.69, 9.17) is 0 Å². The maximum atomic E-state index is 12.5. The second-order valence-corrected chi connectivity index (χ2v) is 5.99. The van der Waals surface area contributed by atoms with Crippen LogP contribution in [0.25, 0.3) is 0 Å². The molecule has 0 bridgehead atoms. The minimum atomic E-state index is -0.108. The zero-order valence-electron chi connectivity index (χ0n) is 13.9. The topological polar surface area (TPSA) is 37.3 Å². The van der Waals surface area contributed by atoms with Gasteiger partial charge in [0.1, 0.15) is 11.5 Å².